The van der Waals surface area contributed by atoms with E-state index in [1.54, 1.807) is 0 Å². The highest BCUT2D eigenvalue weighted by Gasteiger charge is 2.22. The molecule has 3 rings (SSSR count). The maximum Gasteiger partial charge on any atom is 0.225 e. The number of fused-ring (bicyclic) bond motifs is 1. The first kappa shape index (κ1) is 20.9. The van der Waals surface area contributed by atoms with Crippen LogP contribution in [0.2, 0.25) is 0 Å². The third kappa shape index (κ3) is 4.42. The molecule has 1 atom stereocenters. The summed E-state index contributed by atoms with van der Waals surface area (Å²) >= 11 is 0. The number of nitrogens with one attached hydrogen (secondary N) is 2. The Hall–Kier alpha value is -2.87. The van der Waals surface area contributed by atoms with Crippen LogP contribution >= 0.6 is 0 Å². The normalized spacial score (nSPS) is 12.7. The molecule has 0 saturated heterocycles. The molecular formula is C21H31N7O. The minimum Gasteiger partial charge on any atom is -0.399 e. The molecule has 29 heavy (non-hydrogen) atoms. The quantitative estimate of drug-likeness (QED) is 0.424. The monoisotopic (exact) mass is 397 g/mol. The van der Waals surface area contributed by atoms with E-state index >= 15 is 0 Å². The molecule has 0 aliphatic rings. The summed E-state index contributed by atoms with van der Waals surface area (Å²) in [6.07, 6.45) is 0.762. The van der Waals surface area contributed by atoms with E-state index in [1.165, 1.54) is 0 Å². The van der Waals surface area contributed by atoms with Gasteiger partial charge in [0.05, 0.1) is 18.3 Å². The lowest BCUT2D eigenvalue weighted by atomic mass is 10.1. The summed E-state index contributed by atoms with van der Waals surface area (Å²) < 4.78 is 1.96. The summed E-state index contributed by atoms with van der Waals surface area (Å²) in [7, 11) is 0. The highest BCUT2D eigenvalue weighted by atomic mass is 16.3. The van der Waals surface area contributed by atoms with Crippen LogP contribution in [0.1, 0.15) is 58.7 Å². The molecule has 0 fully saturated rings. The Morgan fingerprint density at radius 3 is 2.52 bits per heavy atom. The van der Waals surface area contributed by atoms with Crippen molar-refractivity contribution in [2.75, 3.05) is 23.0 Å². The van der Waals surface area contributed by atoms with Crippen molar-refractivity contribution in [2.24, 2.45) is 0 Å². The van der Waals surface area contributed by atoms with Crippen molar-refractivity contribution in [3.8, 4) is 0 Å². The first-order valence-electron chi connectivity index (χ1n) is 10.1. The molecule has 3 aromatic rings. The van der Waals surface area contributed by atoms with Gasteiger partial charge in [-0.25, -0.2) is 4.98 Å². The van der Waals surface area contributed by atoms with Gasteiger partial charge >= 0.3 is 0 Å². The van der Waals surface area contributed by atoms with Crippen molar-refractivity contribution in [2.45, 2.75) is 59.0 Å². The van der Waals surface area contributed by atoms with Gasteiger partial charge in [-0.2, -0.15) is 10.1 Å². The third-order valence-corrected chi connectivity index (χ3v) is 4.80. The molecule has 1 unspecified atom stereocenters. The zero-order valence-electron chi connectivity index (χ0n) is 17.8. The number of aromatic nitrogens is 4. The first-order valence-corrected chi connectivity index (χ1v) is 10.1. The number of rotatable bonds is 8. The Bertz CT molecular complexity index is 977. The molecule has 2 heterocycles. The summed E-state index contributed by atoms with van der Waals surface area (Å²) in [6.45, 7) is 10.4. The highest BCUT2D eigenvalue weighted by molar-refractivity contribution is 5.91. The molecule has 2 aromatic heterocycles. The summed E-state index contributed by atoms with van der Waals surface area (Å²) in [5, 5.41) is 21.1. The van der Waals surface area contributed by atoms with Gasteiger partial charge < -0.3 is 21.5 Å². The first-order chi connectivity index (χ1) is 13.8. The van der Waals surface area contributed by atoms with E-state index < -0.39 is 0 Å². The number of anilines is 4. The Kier molecular flexibility index (Phi) is 6.22. The van der Waals surface area contributed by atoms with E-state index in [4.69, 9.17) is 20.8 Å². The van der Waals surface area contributed by atoms with Crippen LogP contribution in [0.25, 0.3) is 11.0 Å². The van der Waals surface area contributed by atoms with Crippen LogP contribution in [0.3, 0.4) is 0 Å². The van der Waals surface area contributed by atoms with Crippen molar-refractivity contribution < 1.29 is 5.11 Å². The average Bonchev–Trinajstić information content (AvgIpc) is 3.06. The summed E-state index contributed by atoms with van der Waals surface area (Å²) in [6, 6.07) is 7.58. The predicted molar refractivity (Wildman–Crippen MR) is 119 cm³/mol. The van der Waals surface area contributed by atoms with Crippen LogP contribution < -0.4 is 16.4 Å². The second-order valence-corrected chi connectivity index (χ2v) is 7.85. The van der Waals surface area contributed by atoms with Crippen molar-refractivity contribution in [1.82, 2.24) is 19.7 Å². The van der Waals surface area contributed by atoms with E-state index in [1.807, 2.05) is 35.9 Å². The molecule has 8 nitrogen and oxygen atoms in total. The molecular weight excluding hydrogens is 366 g/mol. The lowest BCUT2D eigenvalue weighted by Crippen LogP contribution is -2.24. The number of nitrogens with zero attached hydrogens (tertiary/aromatic N) is 4. The van der Waals surface area contributed by atoms with Crippen LogP contribution in [-0.2, 0) is 0 Å². The summed E-state index contributed by atoms with van der Waals surface area (Å²) in [5.41, 5.74) is 10.0. The van der Waals surface area contributed by atoms with Gasteiger partial charge in [0.2, 0.25) is 5.95 Å². The van der Waals surface area contributed by atoms with Gasteiger partial charge in [0.25, 0.3) is 0 Å². The molecule has 0 aliphatic heterocycles. The van der Waals surface area contributed by atoms with E-state index in [0.29, 0.717) is 17.5 Å². The van der Waals surface area contributed by atoms with Gasteiger partial charge in [-0.05, 0) is 44.4 Å². The maximum absolute atomic E-state index is 9.59. The largest absolute Gasteiger partial charge is 0.399 e. The number of hydrogen-bond donors (Lipinski definition) is 4. The van der Waals surface area contributed by atoms with E-state index in [0.717, 1.165) is 28.8 Å². The van der Waals surface area contributed by atoms with Crippen LogP contribution in [-0.4, -0.2) is 37.5 Å². The van der Waals surface area contributed by atoms with Gasteiger partial charge in [0.15, 0.2) is 5.82 Å². The van der Waals surface area contributed by atoms with Gasteiger partial charge in [-0.3, -0.25) is 4.68 Å². The lowest BCUT2D eigenvalue weighted by Gasteiger charge is -2.17. The summed E-state index contributed by atoms with van der Waals surface area (Å²) in [4.78, 5) is 9.50. The number of benzene rings is 1. The number of aliphatic hydroxyl groups excluding tert-OH is 1. The molecule has 0 saturated carbocycles. The van der Waals surface area contributed by atoms with Crippen molar-refractivity contribution in [1.29, 1.82) is 0 Å². The Labute approximate surface area is 171 Å². The van der Waals surface area contributed by atoms with Crippen LogP contribution in [0.4, 0.5) is 23.1 Å². The maximum atomic E-state index is 9.59. The van der Waals surface area contributed by atoms with E-state index in [2.05, 4.69) is 38.3 Å². The topological polar surface area (TPSA) is 114 Å². The highest BCUT2D eigenvalue weighted by Crippen LogP contribution is 2.32. The smallest absolute Gasteiger partial charge is 0.225 e. The predicted octanol–water partition coefficient (Wildman–Crippen LogP) is 4.04. The number of aliphatic hydroxyl groups is 1. The summed E-state index contributed by atoms with van der Waals surface area (Å²) in [5.74, 6) is 1.33. The van der Waals surface area contributed by atoms with Crippen LogP contribution in [0.15, 0.2) is 24.3 Å². The molecule has 0 aliphatic carbocycles. The lowest BCUT2D eigenvalue weighted by molar-refractivity contribution is 0.271. The van der Waals surface area contributed by atoms with Gasteiger partial charge in [-0.1, -0.05) is 26.8 Å². The molecule has 156 valence electrons. The van der Waals surface area contributed by atoms with E-state index in [-0.39, 0.29) is 24.6 Å². The standard InChI is InChI=1S/C21H31N7O/c1-6-15(11-29)24-21-25-18-17(12(2)3)27-28(13(4)5)19(18)20(26-21)23-16-9-7-8-14(22)10-16/h7-10,12-13,15,29H,6,11,22H2,1-5H3,(H2,23,24,25,26). The minimum atomic E-state index is -0.115. The van der Waals surface area contributed by atoms with Gasteiger partial charge in [0.1, 0.15) is 11.0 Å². The molecule has 5 N–H and O–H groups in total. The zero-order valence-corrected chi connectivity index (χ0v) is 17.8. The fourth-order valence-electron chi connectivity index (χ4n) is 3.19. The van der Waals surface area contributed by atoms with Crippen molar-refractivity contribution >= 4 is 34.2 Å². The van der Waals surface area contributed by atoms with Crippen LogP contribution in [0.5, 0.6) is 0 Å². The second kappa shape index (κ2) is 8.65. The van der Waals surface area contributed by atoms with Crippen molar-refractivity contribution in [3.63, 3.8) is 0 Å². The third-order valence-electron chi connectivity index (χ3n) is 4.80. The number of nitrogens with two attached hydrogens (primary N) is 1. The molecule has 8 heteroatoms. The Morgan fingerprint density at radius 1 is 1.17 bits per heavy atom. The molecule has 1 aromatic carbocycles. The molecule has 0 radical (unpaired) electrons. The average molecular weight is 398 g/mol. The fraction of sp³-hybridized carbons (Fsp3) is 0.476. The number of nitrogen functional groups attached to an aromatic ring is 1. The van der Waals surface area contributed by atoms with Crippen molar-refractivity contribution in [3.05, 3.63) is 30.0 Å². The zero-order chi connectivity index (χ0) is 21.1. The molecule has 0 spiro atoms. The Morgan fingerprint density at radius 2 is 1.93 bits per heavy atom. The molecule has 0 bridgehead atoms. The van der Waals surface area contributed by atoms with Gasteiger partial charge in [-0.15, -0.1) is 0 Å². The molecule has 0 amide bonds. The van der Waals surface area contributed by atoms with E-state index in [9.17, 15) is 5.11 Å². The second-order valence-electron chi connectivity index (χ2n) is 7.85. The SMILES string of the molecule is CCC(CO)Nc1nc(Nc2cccc(N)c2)c2c(n1)c(C(C)C)nn2C(C)C. The van der Waals surface area contributed by atoms with Gasteiger partial charge in [0, 0.05) is 17.4 Å². The van der Waals surface area contributed by atoms with Crippen LogP contribution in [0, 0.1) is 0 Å². The minimum absolute atomic E-state index is 0.0121. The Balaban J connectivity index is 2.21. The number of hydrogen-bond acceptors (Lipinski definition) is 7. The fourth-order valence-corrected chi connectivity index (χ4v) is 3.19.